The number of hydrogen-bond donors (Lipinski definition) is 2. The van der Waals surface area contributed by atoms with E-state index in [-0.39, 0.29) is 24.0 Å². The third-order valence-corrected chi connectivity index (χ3v) is 7.71. The van der Waals surface area contributed by atoms with Crippen molar-refractivity contribution in [3.8, 4) is 0 Å². The predicted octanol–water partition coefficient (Wildman–Crippen LogP) is 2.92. The molecular weight excluding hydrogens is 364 g/mol. The number of hydrogen-bond acceptors (Lipinski definition) is 3. The second kappa shape index (κ2) is 7.98. The van der Waals surface area contributed by atoms with Gasteiger partial charge in [0, 0.05) is 50.4 Å². The lowest BCUT2D eigenvalue weighted by Gasteiger charge is -2.40. The first-order valence-electron chi connectivity index (χ1n) is 11.3. The standard InChI is InChI=1S/C23H32N4O2/c28-22(12-18-11-16-6-7-17(18)10-16)24-13-21-15-27(20-8-9-26(21)14-20)23(29)25-19-4-2-1-3-5-19/h1-5,16-18,20-21H,6-15H2,(H,24,28)(H,25,29)/t16-,17-,18+,20-,21+/m0/s1. The van der Waals surface area contributed by atoms with Crippen LogP contribution in [0.4, 0.5) is 10.5 Å². The van der Waals surface area contributed by atoms with Crippen molar-refractivity contribution < 1.29 is 9.59 Å². The summed E-state index contributed by atoms with van der Waals surface area (Å²) in [6, 6.07) is 10.1. The lowest BCUT2D eigenvalue weighted by atomic mass is 9.86. The molecule has 29 heavy (non-hydrogen) atoms. The van der Waals surface area contributed by atoms with E-state index >= 15 is 0 Å². The molecule has 0 spiro atoms. The Balaban J connectivity index is 1.14. The third kappa shape index (κ3) is 4.00. The largest absolute Gasteiger partial charge is 0.354 e. The van der Waals surface area contributed by atoms with Crippen LogP contribution in [0.2, 0.25) is 0 Å². The summed E-state index contributed by atoms with van der Waals surface area (Å²) in [4.78, 5) is 29.8. The molecule has 6 nitrogen and oxygen atoms in total. The van der Waals surface area contributed by atoms with Crippen LogP contribution in [0.3, 0.4) is 0 Å². The highest BCUT2D eigenvalue weighted by Gasteiger charge is 2.42. The van der Waals surface area contributed by atoms with Crippen molar-refractivity contribution in [1.82, 2.24) is 15.1 Å². The molecule has 6 atom stereocenters. The van der Waals surface area contributed by atoms with Crippen molar-refractivity contribution in [3.05, 3.63) is 30.3 Å². The Bertz CT molecular complexity index is 755. The molecule has 2 aliphatic carbocycles. The molecule has 1 aromatic carbocycles. The van der Waals surface area contributed by atoms with Crippen molar-refractivity contribution >= 4 is 17.6 Å². The minimum absolute atomic E-state index is 0.0268. The lowest BCUT2D eigenvalue weighted by molar-refractivity contribution is -0.122. The number of para-hydroxylation sites is 1. The number of nitrogens with zero attached hydrogens (tertiary/aromatic N) is 2. The summed E-state index contributed by atoms with van der Waals surface area (Å²) in [5, 5.41) is 6.22. The molecule has 2 saturated heterocycles. The highest BCUT2D eigenvalue weighted by Crippen LogP contribution is 2.49. The first-order chi connectivity index (χ1) is 14.2. The van der Waals surface area contributed by atoms with Gasteiger partial charge in [0.15, 0.2) is 0 Å². The molecule has 2 saturated carbocycles. The molecule has 2 N–H and O–H groups in total. The van der Waals surface area contributed by atoms with Crippen LogP contribution in [-0.2, 0) is 4.79 Å². The fraction of sp³-hybridized carbons (Fsp3) is 0.652. The summed E-state index contributed by atoms with van der Waals surface area (Å²) >= 11 is 0. The van der Waals surface area contributed by atoms with Crippen molar-refractivity contribution in [2.45, 2.75) is 50.6 Å². The number of anilines is 1. The van der Waals surface area contributed by atoms with E-state index in [1.807, 2.05) is 35.2 Å². The van der Waals surface area contributed by atoms with Gasteiger partial charge in [0.2, 0.25) is 5.91 Å². The van der Waals surface area contributed by atoms with Crippen LogP contribution in [-0.4, -0.2) is 60.0 Å². The molecule has 1 aromatic rings. The van der Waals surface area contributed by atoms with Gasteiger partial charge in [-0.15, -0.1) is 0 Å². The maximum Gasteiger partial charge on any atom is 0.322 e. The average Bonchev–Trinajstić information content (AvgIpc) is 3.45. The second-order valence-electron chi connectivity index (χ2n) is 9.48. The lowest BCUT2D eigenvalue weighted by Crippen LogP contribution is -2.58. The quantitative estimate of drug-likeness (QED) is 0.804. The SMILES string of the molecule is O=C(C[C@H]1C[C@H]2CC[C@H]1C2)NC[C@@H]1CN(C(=O)Nc2ccccc2)[C@H]2CCN1C2. The van der Waals surface area contributed by atoms with Crippen LogP contribution in [0.25, 0.3) is 0 Å². The number of carbonyl (C=O) groups excluding carboxylic acids is 2. The number of fused-ring (bicyclic) bond motifs is 4. The van der Waals surface area contributed by atoms with E-state index < -0.39 is 0 Å². The summed E-state index contributed by atoms with van der Waals surface area (Å²) in [6.07, 6.45) is 7.00. The van der Waals surface area contributed by atoms with Gasteiger partial charge in [-0.3, -0.25) is 9.69 Å². The normalized spacial score (nSPS) is 35.0. The number of carbonyl (C=O) groups is 2. The molecule has 5 rings (SSSR count). The van der Waals surface area contributed by atoms with Crippen LogP contribution in [0.1, 0.15) is 38.5 Å². The Labute approximate surface area is 173 Å². The Morgan fingerprint density at radius 1 is 1.03 bits per heavy atom. The average molecular weight is 397 g/mol. The van der Waals surface area contributed by atoms with Gasteiger partial charge in [0.1, 0.15) is 0 Å². The van der Waals surface area contributed by atoms with Crippen LogP contribution in [0.5, 0.6) is 0 Å². The van der Waals surface area contributed by atoms with Gasteiger partial charge in [-0.1, -0.05) is 24.6 Å². The maximum absolute atomic E-state index is 12.9. The number of benzene rings is 1. The minimum atomic E-state index is -0.0268. The summed E-state index contributed by atoms with van der Waals surface area (Å²) in [6.45, 7) is 3.24. The second-order valence-corrected chi connectivity index (χ2v) is 9.48. The maximum atomic E-state index is 12.9. The number of urea groups is 1. The predicted molar refractivity (Wildman–Crippen MR) is 112 cm³/mol. The molecule has 4 aliphatic rings. The van der Waals surface area contributed by atoms with E-state index in [1.54, 1.807) is 0 Å². The molecule has 2 aliphatic heterocycles. The zero-order valence-electron chi connectivity index (χ0n) is 17.1. The van der Waals surface area contributed by atoms with E-state index in [2.05, 4.69) is 15.5 Å². The number of amides is 3. The van der Waals surface area contributed by atoms with Crippen molar-refractivity contribution in [2.75, 3.05) is 31.5 Å². The zero-order chi connectivity index (χ0) is 19.8. The van der Waals surface area contributed by atoms with Gasteiger partial charge in [0.05, 0.1) is 0 Å². The van der Waals surface area contributed by atoms with E-state index in [1.165, 1.54) is 25.7 Å². The van der Waals surface area contributed by atoms with Gasteiger partial charge >= 0.3 is 6.03 Å². The van der Waals surface area contributed by atoms with E-state index in [9.17, 15) is 9.59 Å². The fourth-order valence-corrected chi connectivity index (χ4v) is 6.17. The van der Waals surface area contributed by atoms with Crippen LogP contribution >= 0.6 is 0 Å². The van der Waals surface area contributed by atoms with Gasteiger partial charge < -0.3 is 15.5 Å². The Morgan fingerprint density at radius 3 is 2.66 bits per heavy atom. The first-order valence-corrected chi connectivity index (χ1v) is 11.3. The molecule has 6 heteroatoms. The number of rotatable bonds is 5. The molecule has 2 heterocycles. The zero-order valence-corrected chi connectivity index (χ0v) is 17.1. The minimum Gasteiger partial charge on any atom is -0.354 e. The van der Waals surface area contributed by atoms with Crippen molar-refractivity contribution in [3.63, 3.8) is 0 Å². The van der Waals surface area contributed by atoms with Crippen LogP contribution in [0, 0.1) is 17.8 Å². The van der Waals surface area contributed by atoms with Crippen molar-refractivity contribution in [2.24, 2.45) is 17.8 Å². The Kier molecular flexibility index (Phi) is 5.20. The highest BCUT2D eigenvalue weighted by atomic mass is 16.2. The van der Waals surface area contributed by atoms with E-state index in [4.69, 9.17) is 0 Å². The highest BCUT2D eigenvalue weighted by molar-refractivity contribution is 5.89. The molecule has 3 amide bonds. The molecule has 0 radical (unpaired) electrons. The molecule has 156 valence electrons. The molecular formula is C23H32N4O2. The Morgan fingerprint density at radius 2 is 1.90 bits per heavy atom. The Hall–Kier alpha value is -2.08. The van der Waals surface area contributed by atoms with Gasteiger partial charge in [-0.25, -0.2) is 4.79 Å². The number of nitrogens with one attached hydrogen (secondary N) is 2. The summed E-state index contributed by atoms with van der Waals surface area (Å²) in [7, 11) is 0. The fourth-order valence-electron chi connectivity index (χ4n) is 6.17. The summed E-state index contributed by atoms with van der Waals surface area (Å²) in [5.74, 6) is 2.47. The van der Waals surface area contributed by atoms with E-state index in [0.717, 1.165) is 37.0 Å². The van der Waals surface area contributed by atoms with Crippen LogP contribution < -0.4 is 10.6 Å². The number of piperazine rings is 1. The summed E-state index contributed by atoms with van der Waals surface area (Å²) < 4.78 is 0. The van der Waals surface area contributed by atoms with E-state index in [0.29, 0.717) is 25.4 Å². The van der Waals surface area contributed by atoms with Crippen LogP contribution in [0.15, 0.2) is 30.3 Å². The molecule has 0 aromatic heterocycles. The smallest absolute Gasteiger partial charge is 0.322 e. The third-order valence-electron chi connectivity index (χ3n) is 7.71. The summed E-state index contributed by atoms with van der Waals surface area (Å²) in [5.41, 5.74) is 0.827. The van der Waals surface area contributed by atoms with Gasteiger partial charge in [-0.2, -0.15) is 0 Å². The van der Waals surface area contributed by atoms with Gasteiger partial charge in [0.25, 0.3) is 0 Å². The molecule has 4 fully saturated rings. The van der Waals surface area contributed by atoms with Gasteiger partial charge in [-0.05, 0) is 55.6 Å². The molecule has 4 bridgehead atoms. The topological polar surface area (TPSA) is 64.7 Å². The van der Waals surface area contributed by atoms with Crippen molar-refractivity contribution in [1.29, 1.82) is 0 Å². The monoisotopic (exact) mass is 396 g/mol. The first kappa shape index (κ1) is 18.9. The molecule has 1 unspecified atom stereocenters.